The van der Waals surface area contributed by atoms with Crippen molar-refractivity contribution in [1.29, 1.82) is 0 Å². The lowest BCUT2D eigenvalue weighted by molar-refractivity contribution is -0.154. The summed E-state index contributed by atoms with van der Waals surface area (Å²) in [5.74, 6) is 6.03. The van der Waals surface area contributed by atoms with Crippen LogP contribution >= 0.6 is 0 Å². The minimum atomic E-state index is -0.392. The van der Waals surface area contributed by atoms with Gasteiger partial charge >= 0.3 is 17.9 Å². The maximum absolute atomic E-state index is 13.6. The highest BCUT2D eigenvalue weighted by Crippen LogP contribution is 2.38. The van der Waals surface area contributed by atoms with Crippen molar-refractivity contribution >= 4 is 17.9 Å². The van der Waals surface area contributed by atoms with Crippen LogP contribution in [0.4, 0.5) is 0 Å². The Morgan fingerprint density at radius 3 is 1.15 bits per heavy atom. The molecule has 0 N–H and O–H groups in total. The molecule has 0 amide bonds. The topological polar surface area (TPSA) is 85.4 Å². The van der Waals surface area contributed by atoms with Gasteiger partial charge in [-0.1, -0.05) is 170 Å². The van der Waals surface area contributed by atoms with Gasteiger partial charge in [-0.3, -0.25) is 14.4 Å². The third-order valence-corrected chi connectivity index (χ3v) is 17.6. The summed E-state index contributed by atoms with van der Waals surface area (Å²) in [4.78, 5) is 44.5. The summed E-state index contributed by atoms with van der Waals surface area (Å²) < 4.78 is 18.3. The van der Waals surface area contributed by atoms with Gasteiger partial charge in [-0.05, 0) is 126 Å². The number of nitrogens with zero attached hydrogens (tertiary/aromatic N) is 2. The van der Waals surface area contributed by atoms with Gasteiger partial charge in [-0.15, -0.1) is 0 Å². The Morgan fingerprint density at radius 1 is 0.409 bits per heavy atom. The van der Waals surface area contributed by atoms with Crippen molar-refractivity contribution in [1.82, 2.24) is 9.80 Å². The van der Waals surface area contributed by atoms with Crippen LogP contribution in [0.5, 0.6) is 0 Å². The first-order valence-corrected chi connectivity index (χ1v) is 28.4. The van der Waals surface area contributed by atoms with Crippen LogP contribution in [-0.2, 0) is 28.6 Å². The van der Waals surface area contributed by atoms with E-state index in [2.05, 4.69) is 65.4 Å². The van der Waals surface area contributed by atoms with E-state index in [4.69, 9.17) is 14.2 Å². The smallest absolute Gasteiger partial charge is 0.307 e. The number of hydrogen-bond donors (Lipinski definition) is 0. The number of ether oxygens (including phenoxy) is 3. The maximum Gasteiger partial charge on any atom is 0.307 e. The van der Waals surface area contributed by atoms with Crippen molar-refractivity contribution in [3.8, 4) is 0 Å². The van der Waals surface area contributed by atoms with Gasteiger partial charge in [-0.2, -0.15) is 0 Å². The van der Waals surface area contributed by atoms with E-state index in [1.807, 2.05) is 0 Å². The van der Waals surface area contributed by atoms with Crippen LogP contribution in [0.2, 0.25) is 0 Å². The van der Waals surface area contributed by atoms with Gasteiger partial charge in [-0.25, -0.2) is 0 Å². The van der Waals surface area contributed by atoms with Gasteiger partial charge in [0.2, 0.25) is 0 Å². The molecule has 4 saturated carbocycles. The van der Waals surface area contributed by atoms with Crippen LogP contribution in [0, 0.1) is 58.2 Å². The number of rotatable bonds is 31. The fraction of sp³-hybridized carbons (Fsp3) is 0.948. The molecule has 0 aliphatic heterocycles. The number of esters is 3. The van der Waals surface area contributed by atoms with E-state index in [0.717, 1.165) is 107 Å². The lowest BCUT2D eigenvalue weighted by Gasteiger charge is -2.32. The van der Waals surface area contributed by atoms with E-state index >= 15 is 0 Å². The molecular weight excluding hydrogens is 821 g/mol. The van der Waals surface area contributed by atoms with Gasteiger partial charge in [0.05, 0.1) is 26.2 Å². The zero-order valence-corrected chi connectivity index (χ0v) is 44.6. The van der Waals surface area contributed by atoms with Crippen molar-refractivity contribution in [2.75, 3.05) is 60.1 Å². The second kappa shape index (κ2) is 30.8. The number of hydrogen-bond acceptors (Lipinski definition) is 8. The zero-order chi connectivity index (χ0) is 47.8. The summed E-state index contributed by atoms with van der Waals surface area (Å²) in [6, 6.07) is 0. The first-order chi connectivity index (χ1) is 31.6. The molecule has 2 unspecified atom stereocenters. The summed E-state index contributed by atoms with van der Waals surface area (Å²) in [6.45, 7) is 18.6. The van der Waals surface area contributed by atoms with E-state index in [0.29, 0.717) is 57.5 Å². The Kier molecular flexibility index (Phi) is 26.6. The second-order valence-electron chi connectivity index (χ2n) is 24.8. The Bertz CT molecular complexity index is 1320. The summed E-state index contributed by atoms with van der Waals surface area (Å²) in [7, 11) is 4.25. The molecule has 384 valence electrons. The third-order valence-electron chi connectivity index (χ3n) is 17.6. The van der Waals surface area contributed by atoms with Crippen LogP contribution in [0.3, 0.4) is 0 Å². The monoisotopic (exact) mass is 927 g/mol. The molecule has 0 saturated heterocycles. The van der Waals surface area contributed by atoms with Crippen LogP contribution in [-0.4, -0.2) is 87.8 Å². The zero-order valence-electron chi connectivity index (χ0n) is 44.6. The van der Waals surface area contributed by atoms with Crippen LogP contribution < -0.4 is 0 Å². The maximum atomic E-state index is 13.6. The van der Waals surface area contributed by atoms with Gasteiger partial charge in [0.25, 0.3) is 0 Å². The fourth-order valence-corrected chi connectivity index (χ4v) is 12.1. The summed E-state index contributed by atoms with van der Waals surface area (Å²) in [5, 5.41) is 0. The molecule has 0 radical (unpaired) electrons. The molecule has 4 aliphatic carbocycles. The predicted molar refractivity (Wildman–Crippen MR) is 273 cm³/mol. The number of carbonyl (C=O) groups is 3. The molecular formula is C58H106N2O6. The standard InChI is InChI=1S/C58H106N2O6/c1-46-15-23-50(24-16-46)13-9-36-57(5,43-64-54(61)33-31-52-27-19-48(3)20-28-52)38-11-40-60(41-12-39-59(7)8)42-35-56(63)66-45-58(6,37-10-14-51-25-17-47(2)18-26-51)44-65-55(62)34-32-53-29-21-49(4)22-30-53/h46-53H,9-45H2,1-8H3. The average molecular weight is 927 g/mol. The molecule has 4 aliphatic rings. The van der Waals surface area contributed by atoms with E-state index in [9.17, 15) is 14.4 Å². The van der Waals surface area contributed by atoms with Crippen LogP contribution in [0.15, 0.2) is 0 Å². The molecule has 0 aromatic rings. The van der Waals surface area contributed by atoms with Crippen molar-refractivity contribution < 1.29 is 28.6 Å². The molecule has 8 heteroatoms. The fourth-order valence-electron chi connectivity index (χ4n) is 12.1. The molecule has 4 rings (SSSR count). The van der Waals surface area contributed by atoms with Crippen molar-refractivity contribution in [3.63, 3.8) is 0 Å². The van der Waals surface area contributed by atoms with Crippen LogP contribution in [0.1, 0.15) is 234 Å². The van der Waals surface area contributed by atoms with E-state index in [-0.39, 0.29) is 23.3 Å². The Balaban J connectivity index is 1.28. The quantitative estimate of drug-likeness (QED) is 0.0502. The molecule has 0 aromatic heterocycles. The summed E-state index contributed by atoms with van der Waals surface area (Å²) in [5.41, 5.74) is -0.444. The van der Waals surface area contributed by atoms with E-state index < -0.39 is 5.41 Å². The van der Waals surface area contributed by atoms with Gasteiger partial charge < -0.3 is 24.0 Å². The van der Waals surface area contributed by atoms with E-state index in [1.54, 1.807) is 0 Å². The summed E-state index contributed by atoms with van der Waals surface area (Å²) in [6.07, 6.45) is 34.0. The molecule has 4 fully saturated rings. The first-order valence-electron chi connectivity index (χ1n) is 28.4. The van der Waals surface area contributed by atoms with Crippen molar-refractivity contribution in [2.24, 2.45) is 58.2 Å². The van der Waals surface area contributed by atoms with Crippen molar-refractivity contribution in [2.45, 2.75) is 234 Å². The molecule has 66 heavy (non-hydrogen) atoms. The summed E-state index contributed by atoms with van der Waals surface area (Å²) >= 11 is 0. The largest absolute Gasteiger partial charge is 0.465 e. The molecule has 0 aromatic carbocycles. The predicted octanol–water partition coefficient (Wildman–Crippen LogP) is 14.3. The normalized spacial score (nSPS) is 28.1. The highest BCUT2D eigenvalue weighted by atomic mass is 16.5. The third kappa shape index (κ3) is 24.2. The minimum Gasteiger partial charge on any atom is -0.465 e. The average Bonchev–Trinajstić information content (AvgIpc) is 3.29. The lowest BCUT2D eigenvalue weighted by atomic mass is 9.77. The van der Waals surface area contributed by atoms with Crippen LogP contribution in [0.25, 0.3) is 0 Å². The van der Waals surface area contributed by atoms with E-state index in [1.165, 1.54) is 122 Å². The minimum absolute atomic E-state index is 0.0116. The molecule has 0 bridgehead atoms. The Hall–Kier alpha value is -1.67. The molecule has 0 heterocycles. The number of carbonyl (C=O) groups excluding carboxylic acids is 3. The Morgan fingerprint density at radius 2 is 0.742 bits per heavy atom. The second-order valence-corrected chi connectivity index (χ2v) is 24.8. The first kappa shape index (κ1) is 56.9. The SMILES string of the molecule is CC1CCC(CCCC(C)(CCCN(CCCN(C)C)CCC(=O)OCC(C)(CCCC2CCC(C)CC2)COC(=O)CCC2CCC(C)CC2)COC(=O)CCC2CCC(C)CC2)CC1. The van der Waals surface area contributed by atoms with Gasteiger partial charge in [0.1, 0.15) is 0 Å². The highest BCUT2D eigenvalue weighted by molar-refractivity contribution is 5.70. The molecule has 8 nitrogen and oxygen atoms in total. The van der Waals surface area contributed by atoms with Gasteiger partial charge in [0, 0.05) is 30.2 Å². The molecule has 2 atom stereocenters. The highest BCUT2D eigenvalue weighted by Gasteiger charge is 2.31. The lowest BCUT2D eigenvalue weighted by Crippen LogP contribution is -2.34. The Labute approximate surface area is 407 Å². The van der Waals surface area contributed by atoms with Crippen molar-refractivity contribution in [3.05, 3.63) is 0 Å². The van der Waals surface area contributed by atoms with Gasteiger partial charge in [0.15, 0.2) is 0 Å². The molecule has 0 spiro atoms.